The monoisotopic (exact) mass is 216 g/mol. The summed E-state index contributed by atoms with van der Waals surface area (Å²) < 4.78 is 5.00. The molecule has 1 atom stereocenters. The summed E-state index contributed by atoms with van der Waals surface area (Å²) in [5, 5.41) is 0. The zero-order chi connectivity index (χ0) is 11.8. The summed E-state index contributed by atoms with van der Waals surface area (Å²) in [5.41, 5.74) is 0.822. The van der Waals surface area contributed by atoms with Gasteiger partial charge in [-0.25, -0.2) is 4.79 Å². The Morgan fingerprint density at radius 2 is 2.06 bits per heavy atom. The second kappa shape index (κ2) is 6.68. The summed E-state index contributed by atoms with van der Waals surface area (Å²) >= 11 is 0. The molecule has 1 aromatic rings. The van der Waals surface area contributed by atoms with E-state index in [2.05, 4.69) is 18.8 Å². The second-order valence-electron chi connectivity index (χ2n) is 3.73. The van der Waals surface area contributed by atoms with E-state index in [9.17, 15) is 4.79 Å². The van der Waals surface area contributed by atoms with Gasteiger partial charge >= 0.3 is 5.97 Å². The molecule has 0 N–H and O–H groups in total. The molecule has 1 aromatic carbocycles. The second-order valence-corrected chi connectivity index (χ2v) is 3.73. The molecule has 2 heteroatoms. The van der Waals surface area contributed by atoms with Gasteiger partial charge in [0.1, 0.15) is 0 Å². The van der Waals surface area contributed by atoms with E-state index >= 15 is 0 Å². The Morgan fingerprint density at radius 1 is 1.38 bits per heavy atom. The summed E-state index contributed by atoms with van der Waals surface area (Å²) in [4.78, 5) is 11.2. The average molecular weight is 216 g/mol. The van der Waals surface area contributed by atoms with Gasteiger partial charge in [-0.05, 0) is 18.1 Å². The van der Waals surface area contributed by atoms with Crippen LogP contribution in [0.4, 0.5) is 0 Å². The maximum absolute atomic E-state index is 11.2. The SMILES string of the molecule is CC[C@H](C)COC(=O)C#Cc1ccccc1. The van der Waals surface area contributed by atoms with E-state index in [4.69, 9.17) is 4.74 Å². The van der Waals surface area contributed by atoms with E-state index in [1.165, 1.54) is 0 Å². The number of ether oxygens (including phenoxy) is 1. The van der Waals surface area contributed by atoms with Crippen LogP contribution in [0.15, 0.2) is 30.3 Å². The van der Waals surface area contributed by atoms with Crippen LogP contribution in [0.25, 0.3) is 0 Å². The minimum absolute atomic E-state index is 0.391. The number of hydrogen-bond acceptors (Lipinski definition) is 2. The molecule has 0 spiro atoms. The summed E-state index contributed by atoms with van der Waals surface area (Å²) in [6.45, 7) is 4.55. The zero-order valence-corrected chi connectivity index (χ0v) is 9.69. The quantitative estimate of drug-likeness (QED) is 0.573. The highest BCUT2D eigenvalue weighted by Gasteiger charge is 2.02. The van der Waals surface area contributed by atoms with Gasteiger partial charge in [0.2, 0.25) is 0 Å². The standard InChI is InChI=1S/C14H16O2/c1-3-12(2)11-16-14(15)10-9-13-7-5-4-6-8-13/h4-8,12H,3,11H2,1-2H3/t12-/m0/s1. The van der Waals surface area contributed by atoms with Crippen molar-refractivity contribution in [1.29, 1.82) is 0 Å². The van der Waals surface area contributed by atoms with Gasteiger partial charge < -0.3 is 4.74 Å². The van der Waals surface area contributed by atoms with Crippen molar-refractivity contribution in [3.63, 3.8) is 0 Å². The predicted octanol–water partition coefficient (Wildman–Crippen LogP) is 2.63. The maximum Gasteiger partial charge on any atom is 0.384 e. The number of carbonyl (C=O) groups is 1. The number of rotatable bonds is 3. The Balaban J connectivity index is 2.43. The van der Waals surface area contributed by atoms with Crippen LogP contribution in [0.3, 0.4) is 0 Å². The van der Waals surface area contributed by atoms with E-state index in [0.717, 1.165) is 12.0 Å². The lowest BCUT2D eigenvalue weighted by atomic mass is 10.1. The third kappa shape index (κ3) is 4.65. The van der Waals surface area contributed by atoms with Crippen molar-refractivity contribution in [2.75, 3.05) is 6.61 Å². The first kappa shape index (κ1) is 12.3. The molecule has 16 heavy (non-hydrogen) atoms. The third-order valence-electron chi connectivity index (χ3n) is 2.28. The van der Waals surface area contributed by atoms with Crippen molar-refractivity contribution in [3.05, 3.63) is 35.9 Å². The van der Waals surface area contributed by atoms with Gasteiger partial charge in [0.25, 0.3) is 0 Å². The van der Waals surface area contributed by atoms with E-state index < -0.39 is 5.97 Å². The molecule has 0 aliphatic heterocycles. The van der Waals surface area contributed by atoms with Crippen LogP contribution in [0.1, 0.15) is 25.8 Å². The van der Waals surface area contributed by atoms with Crippen LogP contribution in [0.5, 0.6) is 0 Å². The maximum atomic E-state index is 11.2. The van der Waals surface area contributed by atoms with Crippen molar-refractivity contribution < 1.29 is 9.53 Å². The van der Waals surface area contributed by atoms with Gasteiger partial charge in [-0.15, -0.1) is 0 Å². The molecule has 0 aliphatic rings. The molecule has 0 amide bonds. The normalized spacial score (nSPS) is 11.1. The largest absolute Gasteiger partial charge is 0.456 e. The molecule has 0 fully saturated rings. The number of esters is 1. The molecule has 1 rings (SSSR count). The minimum atomic E-state index is -0.454. The zero-order valence-electron chi connectivity index (χ0n) is 9.69. The topological polar surface area (TPSA) is 26.3 Å². The van der Waals surface area contributed by atoms with Crippen molar-refractivity contribution in [2.45, 2.75) is 20.3 Å². The van der Waals surface area contributed by atoms with Crippen molar-refractivity contribution >= 4 is 5.97 Å². The Labute approximate surface area is 96.6 Å². The highest BCUT2D eigenvalue weighted by molar-refractivity contribution is 5.89. The number of carbonyl (C=O) groups excluding carboxylic acids is 1. The molecule has 0 aromatic heterocycles. The Hall–Kier alpha value is -1.75. The molecule has 0 bridgehead atoms. The predicted molar refractivity (Wildman–Crippen MR) is 63.7 cm³/mol. The summed E-state index contributed by atoms with van der Waals surface area (Å²) in [6, 6.07) is 9.39. The first-order valence-electron chi connectivity index (χ1n) is 5.46. The number of hydrogen-bond donors (Lipinski definition) is 0. The smallest absolute Gasteiger partial charge is 0.384 e. The van der Waals surface area contributed by atoms with E-state index in [1.807, 2.05) is 37.3 Å². The minimum Gasteiger partial charge on any atom is -0.456 e. The molecular weight excluding hydrogens is 200 g/mol. The summed E-state index contributed by atoms with van der Waals surface area (Å²) in [6.07, 6.45) is 0.999. The third-order valence-corrected chi connectivity index (χ3v) is 2.28. The molecule has 0 aliphatic carbocycles. The van der Waals surface area contributed by atoms with Crippen LogP contribution < -0.4 is 0 Å². The fraction of sp³-hybridized carbons (Fsp3) is 0.357. The van der Waals surface area contributed by atoms with Gasteiger partial charge in [-0.3, -0.25) is 0 Å². The van der Waals surface area contributed by atoms with E-state index in [-0.39, 0.29) is 0 Å². The van der Waals surface area contributed by atoms with E-state index in [0.29, 0.717) is 12.5 Å². The molecule has 84 valence electrons. The molecular formula is C14H16O2. The molecule has 0 unspecified atom stereocenters. The lowest BCUT2D eigenvalue weighted by Crippen LogP contribution is -2.09. The first-order chi connectivity index (χ1) is 7.72. The van der Waals surface area contributed by atoms with Crippen LogP contribution in [-0.4, -0.2) is 12.6 Å². The van der Waals surface area contributed by atoms with Gasteiger partial charge in [0, 0.05) is 11.5 Å². The highest BCUT2D eigenvalue weighted by atomic mass is 16.5. The fourth-order valence-electron chi connectivity index (χ4n) is 1.02. The molecule has 0 heterocycles. The van der Waals surface area contributed by atoms with Crippen molar-refractivity contribution in [3.8, 4) is 11.8 Å². The Kier molecular flexibility index (Phi) is 5.15. The molecule has 0 saturated heterocycles. The van der Waals surface area contributed by atoms with E-state index in [1.54, 1.807) is 0 Å². The lowest BCUT2D eigenvalue weighted by Gasteiger charge is -2.06. The van der Waals surface area contributed by atoms with Crippen LogP contribution in [-0.2, 0) is 9.53 Å². The van der Waals surface area contributed by atoms with Gasteiger partial charge in [0.15, 0.2) is 0 Å². The van der Waals surface area contributed by atoms with Crippen molar-refractivity contribution in [1.82, 2.24) is 0 Å². The number of benzene rings is 1. The van der Waals surface area contributed by atoms with Gasteiger partial charge in [0.05, 0.1) is 6.61 Å². The molecule has 0 radical (unpaired) electrons. The highest BCUT2D eigenvalue weighted by Crippen LogP contribution is 2.00. The van der Waals surface area contributed by atoms with Crippen LogP contribution in [0.2, 0.25) is 0 Å². The first-order valence-corrected chi connectivity index (χ1v) is 5.46. The van der Waals surface area contributed by atoms with Crippen LogP contribution in [0, 0.1) is 17.8 Å². The van der Waals surface area contributed by atoms with Crippen LogP contribution >= 0.6 is 0 Å². The summed E-state index contributed by atoms with van der Waals surface area (Å²) in [7, 11) is 0. The van der Waals surface area contributed by atoms with Gasteiger partial charge in [-0.1, -0.05) is 44.4 Å². The lowest BCUT2D eigenvalue weighted by molar-refractivity contribution is -0.137. The molecule has 2 nitrogen and oxygen atoms in total. The van der Waals surface area contributed by atoms with Gasteiger partial charge in [-0.2, -0.15) is 0 Å². The Morgan fingerprint density at radius 3 is 2.69 bits per heavy atom. The average Bonchev–Trinajstić information content (AvgIpc) is 2.34. The Bertz CT molecular complexity index is 384. The molecule has 0 saturated carbocycles. The fourth-order valence-corrected chi connectivity index (χ4v) is 1.02. The van der Waals surface area contributed by atoms with Crippen molar-refractivity contribution in [2.24, 2.45) is 5.92 Å². The summed E-state index contributed by atoms with van der Waals surface area (Å²) in [5.74, 6) is 5.17.